The van der Waals surface area contributed by atoms with Gasteiger partial charge in [0, 0.05) is 36.4 Å². The first kappa shape index (κ1) is 18.1. The monoisotopic (exact) mass is 336 g/mol. The van der Waals surface area contributed by atoms with Gasteiger partial charge >= 0.3 is 6.03 Å². The summed E-state index contributed by atoms with van der Waals surface area (Å²) in [6.45, 7) is 6.61. The zero-order chi connectivity index (χ0) is 16.7. The summed E-state index contributed by atoms with van der Waals surface area (Å²) in [4.78, 5) is 15.4. The van der Waals surface area contributed by atoms with Crippen molar-refractivity contribution in [2.45, 2.75) is 43.3 Å². The molecule has 0 radical (unpaired) electrons. The number of amides is 2. The van der Waals surface area contributed by atoms with Crippen LogP contribution < -0.4 is 5.32 Å². The Bertz CT molecular complexity index is 481. The molecule has 2 amide bonds. The smallest absolute Gasteiger partial charge is 0.317 e. The van der Waals surface area contributed by atoms with Gasteiger partial charge in [-0.05, 0) is 36.8 Å². The maximum Gasteiger partial charge on any atom is 0.317 e. The molecule has 23 heavy (non-hydrogen) atoms. The molecule has 1 unspecified atom stereocenters. The van der Waals surface area contributed by atoms with Crippen molar-refractivity contribution in [3.8, 4) is 0 Å². The van der Waals surface area contributed by atoms with Crippen LogP contribution in [0, 0.1) is 5.41 Å². The lowest BCUT2D eigenvalue weighted by Gasteiger charge is -2.40. The van der Waals surface area contributed by atoms with Crippen LogP contribution in [0.25, 0.3) is 0 Å². The van der Waals surface area contributed by atoms with Crippen LogP contribution in [0.15, 0.2) is 35.2 Å². The van der Waals surface area contributed by atoms with Gasteiger partial charge in [-0.15, -0.1) is 11.8 Å². The van der Waals surface area contributed by atoms with Gasteiger partial charge in [-0.1, -0.05) is 32.0 Å². The molecule has 1 saturated heterocycles. The predicted octanol–water partition coefficient (Wildman–Crippen LogP) is 3.36. The molecule has 0 aliphatic carbocycles. The molecule has 0 aromatic heterocycles. The minimum atomic E-state index is 0.0211. The molecule has 1 atom stereocenters. The highest BCUT2D eigenvalue weighted by atomic mass is 32.2. The normalized spacial score (nSPS) is 18.5. The first-order valence-corrected chi connectivity index (χ1v) is 9.32. The van der Waals surface area contributed by atoms with Gasteiger partial charge < -0.3 is 15.3 Å². The van der Waals surface area contributed by atoms with E-state index >= 15 is 0 Å². The molecule has 128 valence electrons. The first-order chi connectivity index (χ1) is 11.1. The maximum absolute atomic E-state index is 12.3. The van der Waals surface area contributed by atoms with Gasteiger partial charge in [0.25, 0.3) is 0 Å². The Kier molecular flexibility index (Phi) is 6.78. The maximum atomic E-state index is 12.3. The highest BCUT2D eigenvalue weighted by Gasteiger charge is 2.33. The summed E-state index contributed by atoms with van der Waals surface area (Å²) < 4.78 is 0. The fourth-order valence-electron chi connectivity index (χ4n) is 2.92. The van der Waals surface area contributed by atoms with Crippen LogP contribution in [0.2, 0.25) is 0 Å². The van der Waals surface area contributed by atoms with Gasteiger partial charge in [-0.2, -0.15) is 0 Å². The standard InChI is InChI=1S/C18H28N2O2S/c1-3-18(14-21)9-11-20(12-10-18)17(22)19-13-15(2)23-16-7-5-4-6-8-16/h4-8,15,21H,3,9-14H2,1-2H3,(H,19,22). The Morgan fingerprint density at radius 1 is 1.35 bits per heavy atom. The van der Waals surface area contributed by atoms with E-state index in [4.69, 9.17) is 0 Å². The molecule has 5 heteroatoms. The van der Waals surface area contributed by atoms with Gasteiger partial charge in [-0.3, -0.25) is 0 Å². The first-order valence-electron chi connectivity index (χ1n) is 8.44. The van der Waals surface area contributed by atoms with Crippen LogP contribution >= 0.6 is 11.8 Å². The Morgan fingerprint density at radius 3 is 2.57 bits per heavy atom. The minimum absolute atomic E-state index is 0.0211. The average Bonchev–Trinajstić information content (AvgIpc) is 2.60. The van der Waals surface area contributed by atoms with E-state index in [9.17, 15) is 9.90 Å². The third kappa shape index (κ3) is 5.15. The predicted molar refractivity (Wildman–Crippen MR) is 95.8 cm³/mol. The molecule has 0 spiro atoms. The number of hydrogen-bond acceptors (Lipinski definition) is 3. The van der Waals surface area contributed by atoms with Crippen molar-refractivity contribution in [3.05, 3.63) is 30.3 Å². The molecule has 1 aliphatic heterocycles. The van der Waals surface area contributed by atoms with Crippen molar-refractivity contribution >= 4 is 17.8 Å². The fourth-order valence-corrected chi connectivity index (χ4v) is 3.87. The summed E-state index contributed by atoms with van der Waals surface area (Å²) >= 11 is 1.77. The van der Waals surface area contributed by atoms with E-state index < -0.39 is 0 Å². The van der Waals surface area contributed by atoms with E-state index in [-0.39, 0.29) is 18.1 Å². The number of hydrogen-bond donors (Lipinski definition) is 2. The van der Waals surface area contributed by atoms with Crippen LogP contribution in [0.1, 0.15) is 33.1 Å². The number of piperidine rings is 1. The van der Waals surface area contributed by atoms with Crippen molar-refractivity contribution in [2.24, 2.45) is 5.41 Å². The number of nitrogens with zero attached hydrogens (tertiary/aromatic N) is 1. The number of thioether (sulfide) groups is 1. The number of benzene rings is 1. The summed E-state index contributed by atoms with van der Waals surface area (Å²) in [6.07, 6.45) is 2.76. The lowest BCUT2D eigenvalue weighted by molar-refractivity contribution is 0.0520. The van der Waals surface area contributed by atoms with Crippen LogP contribution in [0.3, 0.4) is 0 Å². The van der Waals surface area contributed by atoms with Crippen LogP contribution in [-0.2, 0) is 0 Å². The molecular weight excluding hydrogens is 308 g/mol. The quantitative estimate of drug-likeness (QED) is 0.783. The number of urea groups is 1. The van der Waals surface area contributed by atoms with Crippen molar-refractivity contribution < 1.29 is 9.90 Å². The third-order valence-electron chi connectivity index (χ3n) is 4.82. The summed E-state index contributed by atoms with van der Waals surface area (Å²) in [7, 11) is 0. The van der Waals surface area contributed by atoms with Crippen molar-refractivity contribution in [1.82, 2.24) is 10.2 Å². The van der Waals surface area contributed by atoms with E-state index in [1.807, 2.05) is 23.1 Å². The zero-order valence-corrected chi connectivity index (χ0v) is 14.9. The second-order valence-corrected chi connectivity index (χ2v) is 7.94. The molecule has 2 rings (SSSR count). The number of carbonyl (C=O) groups excluding carboxylic acids is 1. The summed E-state index contributed by atoms with van der Waals surface area (Å²) in [6, 6.07) is 10.3. The molecular formula is C18H28N2O2S. The molecule has 1 heterocycles. The Morgan fingerprint density at radius 2 is 2.00 bits per heavy atom. The highest BCUT2D eigenvalue weighted by molar-refractivity contribution is 8.00. The molecule has 4 nitrogen and oxygen atoms in total. The van der Waals surface area contributed by atoms with E-state index in [0.29, 0.717) is 11.8 Å². The SMILES string of the molecule is CCC1(CO)CCN(C(=O)NCC(C)Sc2ccccc2)CC1. The number of likely N-dealkylation sites (tertiary alicyclic amines) is 1. The second-order valence-electron chi connectivity index (χ2n) is 6.43. The lowest BCUT2D eigenvalue weighted by atomic mass is 9.77. The number of rotatable bonds is 6. The van der Waals surface area contributed by atoms with Crippen molar-refractivity contribution in [1.29, 1.82) is 0 Å². The van der Waals surface area contributed by atoms with Gasteiger partial charge in [-0.25, -0.2) is 4.79 Å². The number of carbonyl (C=O) groups is 1. The molecule has 1 aromatic rings. The molecule has 1 fully saturated rings. The molecule has 1 aromatic carbocycles. The zero-order valence-electron chi connectivity index (χ0n) is 14.1. The Labute approximate surface area is 143 Å². The van der Waals surface area contributed by atoms with E-state index in [2.05, 4.69) is 31.3 Å². The Balaban J connectivity index is 1.73. The van der Waals surface area contributed by atoms with Crippen LogP contribution in [0.5, 0.6) is 0 Å². The van der Waals surface area contributed by atoms with Crippen molar-refractivity contribution in [3.63, 3.8) is 0 Å². The van der Waals surface area contributed by atoms with E-state index in [1.54, 1.807) is 11.8 Å². The van der Waals surface area contributed by atoms with Gasteiger partial charge in [0.2, 0.25) is 0 Å². The minimum Gasteiger partial charge on any atom is -0.396 e. The highest BCUT2D eigenvalue weighted by Crippen LogP contribution is 2.34. The van der Waals surface area contributed by atoms with Gasteiger partial charge in [0.05, 0.1) is 0 Å². The number of aliphatic hydroxyl groups excluding tert-OH is 1. The van der Waals surface area contributed by atoms with Gasteiger partial charge in [0.15, 0.2) is 0 Å². The van der Waals surface area contributed by atoms with Crippen LogP contribution in [-0.4, -0.2) is 47.5 Å². The molecule has 1 aliphatic rings. The Hall–Kier alpha value is -1.20. The summed E-state index contributed by atoms with van der Waals surface area (Å²) in [5.41, 5.74) is 0.0211. The van der Waals surface area contributed by atoms with Crippen molar-refractivity contribution in [2.75, 3.05) is 26.2 Å². The molecule has 0 bridgehead atoms. The van der Waals surface area contributed by atoms with Gasteiger partial charge in [0.1, 0.15) is 0 Å². The van der Waals surface area contributed by atoms with Crippen LogP contribution in [0.4, 0.5) is 4.79 Å². The average molecular weight is 337 g/mol. The largest absolute Gasteiger partial charge is 0.396 e. The number of nitrogens with one attached hydrogen (secondary N) is 1. The molecule has 0 saturated carbocycles. The topological polar surface area (TPSA) is 52.6 Å². The third-order valence-corrected chi connectivity index (χ3v) is 5.93. The lowest BCUT2D eigenvalue weighted by Crippen LogP contribution is -2.49. The fraction of sp³-hybridized carbons (Fsp3) is 0.611. The second kappa shape index (κ2) is 8.60. The summed E-state index contributed by atoms with van der Waals surface area (Å²) in [5, 5.41) is 12.9. The van der Waals surface area contributed by atoms with E-state index in [1.165, 1.54) is 4.90 Å². The molecule has 2 N–H and O–H groups in total. The summed E-state index contributed by atoms with van der Waals surface area (Å²) in [5.74, 6) is 0. The van der Waals surface area contributed by atoms with E-state index in [0.717, 1.165) is 32.4 Å². The number of aliphatic hydroxyl groups is 1.